The summed E-state index contributed by atoms with van der Waals surface area (Å²) in [6.45, 7) is 6.13. The lowest BCUT2D eigenvalue weighted by Gasteiger charge is -2.36. The molecule has 1 saturated heterocycles. The minimum absolute atomic E-state index is 0.0129. The van der Waals surface area contributed by atoms with E-state index in [9.17, 15) is 9.59 Å². The predicted molar refractivity (Wildman–Crippen MR) is 118 cm³/mol. The van der Waals surface area contributed by atoms with Crippen LogP contribution < -0.4 is 15.1 Å². The average molecular weight is 395 g/mol. The number of Topliss-reactive ketones (excluding diaryl/α,β-unsaturated/α-hetero) is 1. The maximum Gasteiger partial charge on any atom is 0.317 e. The molecule has 1 N–H and O–H groups in total. The SMILES string of the molecule is CC(=O)c1ccc(N2CCN(C(=O)NCCCN(C)c3ccccc3)CC2)cc1. The second-order valence-corrected chi connectivity index (χ2v) is 7.42. The Hall–Kier alpha value is -3.02. The largest absolute Gasteiger partial charge is 0.375 e. The Morgan fingerprint density at radius 2 is 1.62 bits per heavy atom. The smallest absolute Gasteiger partial charge is 0.317 e. The van der Waals surface area contributed by atoms with Crippen molar-refractivity contribution in [2.45, 2.75) is 13.3 Å². The van der Waals surface area contributed by atoms with Crippen LogP contribution in [0.5, 0.6) is 0 Å². The van der Waals surface area contributed by atoms with Gasteiger partial charge in [0.25, 0.3) is 0 Å². The lowest BCUT2D eigenvalue weighted by atomic mass is 10.1. The second kappa shape index (κ2) is 9.96. The van der Waals surface area contributed by atoms with E-state index >= 15 is 0 Å². The summed E-state index contributed by atoms with van der Waals surface area (Å²) in [7, 11) is 2.07. The third-order valence-corrected chi connectivity index (χ3v) is 5.35. The van der Waals surface area contributed by atoms with Crippen molar-refractivity contribution in [1.29, 1.82) is 0 Å². The molecule has 1 aliphatic rings. The molecule has 0 saturated carbocycles. The summed E-state index contributed by atoms with van der Waals surface area (Å²) in [6.07, 6.45) is 0.902. The van der Waals surface area contributed by atoms with E-state index in [0.717, 1.165) is 37.3 Å². The molecule has 2 aromatic rings. The summed E-state index contributed by atoms with van der Waals surface area (Å²) in [5.74, 6) is 0.0769. The van der Waals surface area contributed by atoms with Gasteiger partial charge in [-0.05, 0) is 49.7 Å². The maximum atomic E-state index is 12.4. The van der Waals surface area contributed by atoms with E-state index in [1.165, 1.54) is 5.69 Å². The Balaban J connectivity index is 1.37. The summed E-state index contributed by atoms with van der Waals surface area (Å²) >= 11 is 0. The van der Waals surface area contributed by atoms with Gasteiger partial charge < -0.3 is 20.0 Å². The van der Waals surface area contributed by atoms with Gasteiger partial charge in [-0.25, -0.2) is 4.79 Å². The van der Waals surface area contributed by atoms with Gasteiger partial charge in [-0.1, -0.05) is 18.2 Å². The number of anilines is 2. The van der Waals surface area contributed by atoms with Gasteiger partial charge in [-0.3, -0.25) is 4.79 Å². The molecule has 2 amide bonds. The third-order valence-electron chi connectivity index (χ3n) is 5.35. The number of piperazine rings is 1. The van der Waals surface area contributed by atoms with Crippen LogP contribution in [-0.2, 0) is 0 Å². The van der Waals surface area contributed by atoms with Crippen LogP contribution in [0.4, 0.5) is 16.2 Å². The molecular formula is C23H30N4O2. The normalized spacial score (nSPS) is 13.9. The topological polar surface area (TPSA) is 55.9 Å². The molecule has 0 atom stereocenters. The van der Waals surface area contributed by atoms with Gasteiger partial charge in [0.15, 0.2) is 5.78 Å². The van der Waals surface area contributed by atoms with Gasteiger partial charge in [0.1, 0.15) is 0 Å². The van der Waals surface area contributed by atoms with Crippen LogP contribution in [0.25, 0.3) is 0 Å². The van der Waals surface area contributed by atoms with Crippen LogP contribution in [0.15, 0.2) is 54.6 Å². The van der Waals surface area contributed by atoms with Crippen molar-refractivity contribution in [3.8, 4) is 0 Å². The van der Waals surface area contributed by atoms with E-state index < -0.39 is 0 Å². The van der Waals surface area contributed by atoms with Crippen LogP contribution >= 0.6 is 0 Å². The first-order chi connectivity index (χ1) is 14.0. The Kier molecular flexibility index (Phi) is 7.11. The number of hydrogen-bond donors (Lipinski definition) is 1. The number of benzene rings is 2. The highest BCUT2D eigenvalue weighted by Gasteiger charge is 2.21. The van der Waals surface area contributed by atoms with E-state index in [2.05, 4.69) is 34.3 Å². The molecule has 6 nitrogen and oxygen atoms in total. The fourth-order valence-corrected chi connectivity index (χ4v) is 3.51. The van der Waals surface area contributed by atoms with Crippen molar-refractivity contribution >= 4 is 23.2 Å². The average Bonchev–Trinajstić information content (AvgIpc) is 2.77. The number of nitrogens with zero attached hydrogens (tertiary/aromatic N) is 3. The fraction of sp³-hybridized carbons (Fsp3) is 0.391. The summed E-state index contributed by atoms with van der Waals surface area (Å²) < 4.78 is 0. The first kappa shape index (κ1) is 20.7. The molecule has 1 aliphatic heterocycles. The molecule has 0 radical (unpaired) electrons. The number of carbonyl (C=O) groups is 2. The van der Waals surface area contributed by atoms with Crippen molar-refractivity contribution in [3.05, 3.63) is 60.2 Å². The van der Waals surface area contributed by atoms with E-state index in [1.54, 1.807) is 6.92 Å². The minimum Gasteiger partial charge on any atom is -0.375 e. The van der Waals surface area contributed by atoms with Crippen molar-refractivity contribution in [3.63, 3.8) is 0 Å². The molecule has 0 unspecified atom stereocenters. The molecule has 2 aromatic carbocycles. The molecule has 3 rings (SSSR count). The lowest BCUT2D eigenvalue weighted by molar-refractivity contribution is 0.101. The van der Waals surface area contributed by atoms with E-state index in [1.807, 2.05) is 47.4 Å². The number of nitrogens with one attached hydrogen (secondary N) is 1. The van der Waals surface area contributed by atoms with Crippen molar-refractivity contribution in [1.82, 2.24) is 10.2 Å². The van der Waals surface area contributed by atoms with Crippen LogP contribution in [0.2, 0.25) is 0 Å². The van der Waals surface area contributed by atoms with Gasteiger partial charge in [0.05, 0.1) is 0 Å². The first-order valence-corrected chi connectivity index (χ1v) is 10.2. The predicted octanol–water partition coefficient (Wildman–Crippen LogP) is 3.25. The molecule has 0 aliphatic carbocycles. The monoisotopic (exact) mass is 394 g/mol. The highest BCUT2D eigenvalue weighted by Crippen LogP contribution is 2.18. The second-order valence-electron chi connectivity index (χ2n) is 7.42. The number of para-hydroxylation sites is 1. The molecule has 154 valence electrons. The Labute approximate surface area is 173 Å². The van der Waals surface area contributed by atoms with Crippen LogP contribution in [0.1, 0.15) is 23.7 Å². The Morgan fingerprint density at radius 1 is 0.966 bits per heavy atom. The third kappa shape index (κ3) is 5.73. The Morgan fingerprint density at radius 3 is 2.24 bits per heavy atom. The number of rotatable bonds is 7. The van der Waals surface area contributed by atoms with Gasteiger partial charge in [-0.15, -0.1) is 0 Å². The Bertz CT molecular complexity index is 799. The van der Waals surface area contributed by atoms with E-state index in [-0.39, 0.29) is 11.8 Å². The standard InChI is InChI=1S/C23H30N4O2/c1-19(28)20-9-11-22(12-10-20)26-15-17-27(18-16-26)23(29)24-13-6-14-25(2)21-7-4-3-5-8-21/h3-5,7-12H,6,13-18H2,1-2H3,(H,24,29). The van der Waals surface area contributed by atoms with Crippen molar-refractivity contribution in [2.24, 2.45) is 0 Å². The zero-order valence-electron chi connectivity index (χ0n) is 17.3. The molecule has 1 heterocycles. The van der Waals surface area contributed by atoms with Gasteiger partial charge in [0.2, 0.25) is 0 Å². The number of hydrogen-bond acceptors (Lipinski definition) is 4. The number of carbonyl (C=O) groups excluding carboxylic acids is 2. The summed E-state index contributed by atoms with van der Waals surface area (Å²) in [5, 5.41) is 3.04. The highest BCUT2D eigenvalue weighted by atomic mass is 16.2. The van der Waals surface area contributed by atoms with Gasteiger partial charge >= 0.3 is 6.03 Å². The highest BCUT2D eigenvalue weighted by molar-refractivity contribution is 5.94. The van der Waals surface area contributed by atoms with Crippen molar-refractivity contribution in [2.75, 3.05) is 56.1 Å². The zero-order chi connectivity index (χ0) is 20.6. The van der Waals surface area contributed by atoms with Crippen LogP contribution in [0.3, 0.4) is 0 Å². The van der Waals surface area contributed by atoms with Crippen LogP contribution in [0, 0.1) is 0 Å². The van der Waals surface area contributed by atoms with E-state index in [4.69, 9.17) is 0 Å². The molecular weight excluding hydrogens is 364 g/mol. The molecule has 29 heavy (non-hydrogen) atoms. The molecule has 1 fully saturated rings. The lowest BCUT2D eigenvalue weighted by Crippen LogP contribution is -2.52. The van der Waals surface area contributed by atoms with Crippen LogP contribution in [-0.4, -0.2) is 63.0 Å². The summed E-state index contributed by atoms with van der Waals surface area (Å²) in [4.78, 5) is 30.1. The maximum absolute atomic E-state index is 12.4. The molecule has 0 aromatic heterocycles. The number of urea groups is 1. The zero-order valence-corrected chi connectivity index (χ0v) is 17.3. The number of ketones is 1. The molecule has 0 spiro atoms. The summed E-state index contributed by atoms with van der Waals surface area (Å²) in [6, 6.07) is 18.0. The van der Waals surface area contributed by atoms with Gasteiger partial charge in [0, 0.05) is 63.3 Å². The first-order valence-electron chi connectivity index (χ1n) is 10.2. The fourth-order valence-electron chi connectivity index (χ4n) is 3.51. The minimum atomic E-state index is 0.0129. The molecule has 6 heteroatoms. The van der Waals surface area contributed by atoms with Crippen molar-refractivity contribution < 1.29 is 9.59 Å². The van der Waals surface area contributed by atoms with E-state index in [0.29, 0.717) is 19.6 Å². The summed E-state index contributed by atoms with van der Waals surface area (Å²) in [5.41, 5.74) is 3.01. The van der Waals surface area contributed by atoms with Gasteiger partial charge in [-0.2, -0.15) is 0 Å². The molecule has 0 bridgehead atoms. The number of amides is 2. The quantitative estimate of drug-likeness (QED) is 0.579.